The molecule has 0 rings (SSSR count). The fourth-order valence-corrected chi connectivity index (χ4v) is 2.56. The average molecular weight is 319 g/mol. The first-order chi connectivity index (χ1) is 9.72. The Bertz CT molecular complexity index is 372. The zero-order chi connectivity index (χ0) is 16.5. The van der Waals surface area contributed by atoms with E-state index in [9.17, 15) is 19.1 Å². The molecule has 0 aromatic heterocycles. The molecule has 122 valence electrons. The largest absolute Gasteiger partial charge is 0.389 e. The molecule has 3 atom stereocenters. The van der Waals surface area contributed by atoms with Crippen molar-refractivity contribution in [2.45, 2.75) is 52.3 Å². The van der Waals surface area contributed by atoms with Crippen LogP contribution in [0.1, 0.15) is 40.5 Å². The van der Waals surface area contributed by atoms with Crippen molar-refractivity contribution >= 4 is 22.8 Å². The van der Waals surface area contributed by atoms with Crippen molar-refractivity contribution in [2.24, 2.45) is 5.92 Å². The summed E-state index contributed by atoms with van der Waals surface area (Å²) in [6, 6.07) is 0. The molecule has 0 bridgehead atoms. The summed E-state index contributed by atoms with van der Waals surface area (Å²) in [7, 11) is 0. The highest BCUT2D eigenvalue weighted by Crippen LogP contribution is 2.28. The molecule has 0 saturated heterocycles. The number of aliphatic hydroxyl groups is 1. The van der Waals surface area contributed by atoms with Crippen LogP contribution >= 0.6 is 11.8 Å². The van der Waals surface area contributed by atoms with Gasteiger partial charge in [0.15, 0.2) is 5.12 Å². The number of thioether (sulfide) groups is 1. The second kappa shape index (κ2) is 9.95. The van der Waals surface area contributed by atoms with Crippen LogP contribution in [0.4, 0.5) is 4.39 Å². The van der Waals surface area contributed by atoms with Gasteiger partial charge in [0.05, 0.1) is 12.0 Å². The monoisotopic (exact) mass is 319 g/mol. The van der Waals surface area contributed by atoms with E-state index in [1.165, 1.54) is 20.8 Å². The number of nitrogens with one attached hydrogen (secondary N) is 1. The van der Waals surface area contributed by atoms with Gasteiger partial charge in [-0.1, -0.05) is 37.8 Å². The van der Waals surface area contributed by atoms with Crippen LogP contribution in [-0.4, -0.2) is 40.2 Å². The van der Waals surface area contributed by atoms with Crippen molar-refractivity contribution in [3.63, 3.8) is 0 Å². The minimum atomic E-state index is -1.83. The summed E-state index contributed by atoms with van der Waals surface area (Å²) in [6.45, 7) is 6.56. The molecule has 0 saturated carbocycles. The minimum absolute atomic E-state index is 0.0795. The number of hydrogen-bond acceptors (Lipinski definition) is 4. The highest BCUT2D eigenvalue weighted by atomic mass is 32.2. The first-order valence-corrected chi connectivity index (χ1v) is 8.14. The molecule has 0 aromatic carbocycles. The zero-order valence-corrected chi connectivity index (χ0v) is 14.0. The van der Waals surface area contributed by atoms with Crippen LogP contribution < -0.4 is 5.32 Å². The van der Waals surface area contributed by atoms with E-state index in [-0.39, 0.29) is 17.4 Å². The maximum Gasteiger partial charge on any atom is 0.216 e. The standard InChI is InChI=1S/C15H26FNO3S/c1-5-6-7-8-15(4,16)13(19)11(2)14(20)21-10-9-17-12(3)18/h6-7,11,13,19H,5,8-10H2,1-4H3,(H,17,18)/b7-6+/t11-,13+,15-/m1/s1. The lowest BCUT2D eigenvalue weighted by Crippen LogP contribution is -2.41. The van der Waals surface area contributed by atoms with Crippen molar-refractivity contribution in [3.05, 3.63) is 12.2 Å². The zero-order valence-electron chi connectivity index (χ0n) is 13.2. The number of alkyl halides is 1. The van der Waals surface area contributed by atoms with Crippen LogP contribution in [0.15, 0.2) is 12.2 Å². The number of carbonyl (C=O) groups excluding carboxylic acids is 2. The van der Waals surface area contributed by atoms with Crippen molar-refractivity contribution < 1.29 is 19.1 Å². The molecule has 21 heavy (non-hydrogen) atoms. The van der Waals surface area contributed by atoms with E-state index in [1.54, 1.807) is 6.08 Å². The second-order valence-electron chi connectivity index (χ2n) is 5.25. The number of allylic oxidation sites excluding steroid dienone is 2. The van der Waals surface area contributed by atoms with Gasteiger partial charge >= 0.3 is 0 Å². The van der Waals surface area contributed by atoms with Gasteiger partial charge in [-0.3, -0.25) is 9.59 Å². The summed E-state index contributed by atoms with van der Waals surface area (Å²) < 4.78 is 14.4. The Kier molecular flexibility index (Phi) is 9.53. The first-order valence-electron chi connectivity index (χ1n) is 7.15. The molecule has 0 heterocycles. The van der Waals surface area contributed by atoms with Gasteiger partial charge < -0.3 is 10.4 Å². The summed E-state index contributed by atoms with van der Waals surface area (Å²) in [6.07, 6.45) is 3.05. The lowest BCUT2D eigenvalue weighted by atomic mass is 9.89. The Labute approximate surface area is 130 Å². The lowest BCUT2D eigenvalue weighted by molar-refractivity contribution is -0.121. The van der Waals surface area contributed by atoms with E-state index in [1.807, 2.05) is 13.0 Å². The minimum Gasteiger partial charge on any atom is -0.389 e. The average Bonchev–Trinajstić information content (AvgIpc) is 2.41. The van der Waals surface area contributed by atoms with Crippen molar-refractivity contribution in [1.82, 2.24) is 5.32 Å². The van der Waals surface area contributed by atoms with Crippen molar-refractivity contribution in [2.75, 3.05) is 12.3 Å². The number of halogens is 1. The van der Waals surface area contributed by atoms with Gasteiger partial charge in [0, 0.05) is 25.6 Å². The smallest absolute Gasteiger partial charge is 0.216 e. The third kappa shape index (κ3) is 8.21. The van der Waals surface area contributed by atoms with Crippen LogP contribution in [-0.2, 0) is 9.59 Å². The molecule has 0 spiro atoms. The molecule has 2 N–H and O–H groups in total. The Morgan fingerprint density at radius 3 is 2.57 bits per heavy atom. The van der Waals surface area contributed by atoms with E-state index in [2.05, 4.69) is 5.32 Å². The molecule has 1 amide bonds. The van der Waals surface area contributed by atoms with E-state index in [0.717, 1.165) is 18.2 Å². The predicted molar refractivity (Wildman–Crippen MR) is 84.9 cm³/mol. The number of carbonyl (C=O) groups is 2. The summed E-state index contributed by atoms with van der Waals surface area (Å²) in [5.74, 6) is -0.540. The van der Waals surface area contributed by atoms with Crippen LogP contribution in [0.25, 0.3) is 0 Å². The molecular weight excluding hydrogens is 293 g/mol. The molecule has 0 unspecified atom stereocenters. The molecule has 0 aliphatic heterocycles. The molecule has 0 radical (unpaired) electrons. The van der Waals surface area contributed by atoms with E-state index in [4.69, 9.17) is 0 Å². The normalized spacial score (nSPS) is 17.2. The Hall–Kier alpha value is -0.880. The predicted octanol–water partition coefficient (Wildman–Crippen LogP) is 2.46. The highest BCUT2D eigenvalue weighted by Gasteiger charge is 2.38. The molecule has 0 fully saturated rings. The Morgan fingerprint density at radius 2 is 2.05 bits per heavy atom. The summed E-state index contributed by atoms with van der Waals surface area (Å²) in [4.78, 5) is 22.6. The van der Waals surface area contributed by atoms with Gasteiger partial charge in [0.2, 0.25) is 5.91 Å². The fourth-order valence-electron chi connectivity index (χ4n) is 1.76. The van der Waals surface area contributed by atoms with Gasteiger partial charge in [0.25, 0.3) is 0 Å². The SMILES string of the molecule is CC/C=C/C[C@@](C)(F)[C@@H](O)[C@@H](C)C(=O)SCCNC(C)=O. The maximum absolute atomic E-state index is 14.4. The van der Waals surface area contributed by atoms with E-state index < -0.39 is 17.7 Å². The summed E-state index contributed by atoms with van der Waals surface area (Å²) in [5, 5.41) is 12.4. The van der Waals surface area contributed by atoms with Crippen molar-refractivity contribution in [1.29, 1.82) is 0 Å². The second-order valence-corrected chi connectivity index (χ2v) is 6.35. The van der Waals surface area contributed by atoms with Gasteiger partial charge in [0.1, 0.15) is 5.67 Å². The molecule has 4 nitrogen and oxygen atoms in total. The van der Waals surface area contributed by atoms with Gasteiger partial charge in [-0.2, -0.15) is 0 Å². The van der Waals surface area contributed by atoms with Gasteiger partial charge in [-0.25, -0.2) is 4.39 Å². The molecule has 6 heteroatoms. The molecule has 0 aliphatic rings. The number of amides is 1. The van der Waals surface area contributed by atoms with E-state index >= 15 is 0 Å². The quantitative estimate of drug-likeness (QED) is 0.506. The highest BCUT2D eigenvalue weighted by molar-refractivity contribution is 8.13. The van der Waals surface area contributed by atoms with Crippen LogP contribution in [0.3, 0.4) is 0 Å². The molecule has 0 aliphatic carbocycles. The van der Waals surface area contributed by atoms with Crippen LogP contribution in [0, 0.1) is 5.92 Å². The number of hydrogen-bond donors (Lipinski definition) is 2. The maximum atomic E-state index is 14.4. The molecule has 0 aromatic rings. The number of rotatable bonds is 9. The topological polar surface area (TPSA) is 66.4 Å². The third-order valence-electron chi connectivity index (χ3n) is 3.10. The third-order valence-corrected chi connectivity index (χ3v) is 4.17. The Morgan fingerprint density at radius 1 is 1.43 bits per heavy atom. The van der Waals surface area contributed by atoms with Crippen LogP contribution in [0.2, 0.25) is 0 Å². The van der Waals surface area contributed by atoms with Gasteiger partial charge in [-0.05, 0) is 13.3 Å². The van der Waals surface area contributed by atoms with E-state index in [0.29, 0.717) is 12.3 Å². The summed E-state index contributed by atoms with van der Waals surface area (Å²) >= 11 is 1.00. The first kappa shape index (κ1) is 20.1. The van der Waals surface area contributed by atoms with Crippen molar-refractivity contribution in [3.8, 4) is 0 Å². The fraction of sp³-hybridized carbons (Fsp3) is 0.733. The summed E-state index contributed by atoms with van der Waals surface area (Å²) in [5.41, 5.74) is -1.83. The lowest BCUT2D eigenvalue weighted by Gasteiger charge is -2.29. The Balaban J connectivity index is 4.33. The van der Waals surface area contributed by atoms with Crippen LogP contribution in [0.5, 0.6) is 0 Å². The van der Waals surface area contributed by atoms with Gasteiger partial charge in [-0.15, -0.1) is 0 Å². The number of aliphatic hydroxyl groups excluding tert-OH is 1. The molecular formula is C15H26FNO3S.